The second-order valence-corrected chi connectivity index (χ2v) is 5.29. The number of hydrogen-bond donors (Lipinski definition) is 0. The van der Waals surface area contributed by atoms with Crippen molar-refractivity contribution in [2.24, 2.45) is 0 Å². The van der Waals surface area contributed by atoms with Crippen LogP contribution in [0.2, 0.25) is 0 Å². The molecule has 0 saturated heterocycles. The molecule has 1 heterocycles. The quantitative estimate of drug-likeness (QED) is 0.792. The number of carbonyl (C=O) groups is 1. The van der Waals surface area contributed by atoms with Crippen LogP contribution in [0.15, 0.2) is 29.6 Å². The SMILES string of the molecule is CCOC(=O)Cc1csc(N(C)c2ccccc2C)n1. The summed E-state index contributed by atoms with van der Waals surface area (Å²) in [5.41, 5.74) is 3.06. The third kappa shape index (κ3) is 3.36. The highest BCUT2D eigenvalue weighted by Gasteiger charge is 2.13. The molecule has 0 unspecified atom stereocenters. The standard InChI is InChI=1S/C15H18N2O2S/c1-4-19-14(18)9-12-10-20-15(16-12)17(3)13-8-6-5-7-11(13)2/h5-8,10H,4,9H2,1-3H3. The molecule has 0 aliphatic rings. The van der Waals surface area contributed by atoms with Gasteiger partial charge >= 0.3 is 5.97 Å². The van der Waals surface area contributed by atoms with Crippen LogP contribution in [0.5, 0.6) is 0 Å². The number of rotatable bonds is 5. The summed E-state index contributed by atoms with van der Waals surface area (Å²) in [6.45, 7) is 4.27. The van der Waals surface area contributed by atoms with Gasteiger partial charge in [-0.05, 0) is 25.5 Å². The lowest BCUT2D eigenvalue weighted by atomic mass is 10.2. The lowest BCUT2D eigenvalue weighted by molar-refractivity contribution is -0.142. The van der Waals surface area contributed by atoms with Gasteiger partial charge in [-0.1, -0.05) is 18.2 Å². The lowest BCUT2D eigenvalue weighted by Crippen LogP contribution is -2.11. The van der Waals surface area contributed by atoms with Gasteiger partial charge in [0.15, 0.2) is 5.13 Å². The fraction of sp³-hybridized carbons (Fsp3) is 0.333. The number of nitrogens with zero attached hydrogens (tertiary/aromatic N) is 2. The van der Waals surface area contributed by atoms with Crippen molar-refractivity contribution in [3.8, 4) is 0 Å². The highest BCUT2D eigenvalue weighted by molar-refractivity contribution is 7.13. The maximum Gasteiger partial charge on any atom is 0.311 e. The molecule has 0 amide bonds. The number of aryl methyl sites for hydroxylation is 1. The summed E-state index contributed by atoms with van der Waals surface area (Å²) in [5.74, 6) is -0.233. The molecule has 5 heteroatoms. The summed E-state index contributed by atoms with van der Waals surface area (Å²) in [6, 6.07) is 8.15. The minimum Gasteiger partial charge on any atom is -0.466 e. The van der Waals surface area contributed by atoms with Gasteiger partial charge in [0.25, 0.3) is 0 Å². The molecule has 106 valence electrons. The Hall–Kier alpha value is -1.88. The number of aromatic nitrogens is 1. The van der Waals surface area contributed by atoms with E-state index < -0.39 is 0 Å². The van der Waals surface area contributed by atoms with Crippen LogP contribution in [0, 0.1) is 6.92 Å². The minimum atomic E-state index is -0.233. The van der Waals surface area contributed by atoms with E-state index in [1.165, 1.54) is 16.9 Å². The van der Waals surface area contributed by atoms with Crippen molar-refractivity contribution >= 4 is 28.1 Å². The Morgan fingerprint density at radius 3 is 2.85 bits per heavy atom. The van der Waals surface area contributed by atoms with E-state index in [9.17, 15) is 4.79 Å². The van der Waals surface area contributed by atoms with Crippen molar-refractivity contribution in [1.29, 1.82) is 0 Å². The molecule has 0 fully saturated rings. The Labute approximate surface area is 123 Å². The van der Waals surface area contributed by atoms with Gasteiger partial charge in [-0.2, -0.15) is 0 Å². The van der Waals surface area contributed by atoms with E-state index in [4.69, 9.17) is 4.74 Å². The van der Waals surface area contributed by atoms with Crippen molar-refractivity contribution in [3.05, 3.63) is 40.9 Å². The van der Waals surface area contributed by atoms with Crippen molar-refractivity contribution < 1.29 is 9.53 Å². The molecule has 4 nitrogen and oxygen atoms in total. The zero-order valence-electron chi connectivity index (χ0n) is 11.9. The Bertz CT molecular complexity index is 595. The Morgan fingerprint density at radius 1 is 1.40 bits per heavy atom. The monoisotopic (exact) mass is 290 g/mol. The second kappa shape index (κ2) is 6.52. The van der Waals surface area contributed by atoms with Gasteiger partial charge in [-0.15, -0.1) is 11.3 Å². The van der Waals surface area contributed by atoms with E-state index in [0.717, 1.165) is 16.5 Å². The molecule has 0 aliphatic heterocycles. The highest BCUT2D eigenvalue weighted by atomic mass is 32.1. The van der Waals surface area contributed by atoms with Gasteiger partial charge < -0.3 is 9.64 Å². The highest BCUT2D eigenvalue weighted by Crippen LogP contribution is 2.29. The van der Waals surface area contributed by atoms with Crippen LogP contribution in [0.1, 0.15) is 18.2 Å². The third-order valence-electron chi connectivity index (χ3n) is 2.93. The van der Waals surface area contributed by atoms with Gasteiger partial charge in [0.05, 0.1) is 18.7 Å². The van der Waals surface area contributed by atoms with E-state index in [1.807, 2.05) is 29.5 Å². The van der Waals surface area contributed by atoms with E-state index in [2.05, 4.69) is 24.0 Å². The topological polar surface area (TPSA) is 42.4 Å². The molecule has 20 heavy (non-hydrogen) atoms. The summed E-state index contributed by atoms with van der Waals surface area (Å²) in [7, 11) is 1.98. The predicted molar refractivity (Wildman–Crippen MR) is 81.7 cm³/mol. The number of para-hydroxylation sites is 1. The first-order valence-corrected chi connectivity index (χ1v) is 7.39. The average Bonchev–Trinajstić information content (AvgIpc) is 2.87. The first-order chi connectivity index (χ1) is 9.61. The number of ether oxygens (including phenoxy) is 1. The largest absolute Gasteiger partial charge is 0.466 e. The van der Waals surface area contributed by atoms with Crippen LogP contribution in [-0.4, -0.2) is 24.6 Å². The molecule has 1 aromatic heterocycles. The summed E-state index contributed by atoms with van der Waals surface area (Å²) in [5, 5.41) is 2.78. The van der Waals surface area contributed by atoms with Crippen molar-refractivity contribution in [2.45, 2.75) is 20.3 Å². The van der Waals surface area contributed by atoms with E-state index in [-0.39, 0.29) is 12.4 Å². The van der Waals surface area contributed by atoms with E-state index in [1.54, 1.807) is 6.92 Å². The van der Waals surface area contributed by atoms with Crippen molar-refractivity contribution in [1.82, 2.24) is 4.98 Å². The Balaban J connectivity index is 2.12. The molecular weight excluding hydrogens is 272 g/mol. The van der Waals surface area contributed by atoms with Crippen LogP contribution in [-0.2, 0) is 16.0 Å². The van der Waals surface area contributed by atoms with Gasteiger partial charge in [0, 0.05) is 18.1 Å². The molecular formula is C15H18N2O2S. The van der Waals surface area contributed by atoms with Crippen molar-refractivity contribution in [3.63, 3.8) is 0 Å². The average molecular weight is 290 g/mol. The first kappa shape index (κ1) is 14.5. The number of hydrogen-bond acceptors (Lipinski definition) is 5. The van der Waals surface area contributed by atoms with Crippen LogP contribution in [0.25, 0.3) is 0 Å². The maximum atomic E-state index is 11.4. The lowest BCUT2D eigenvalue weighted by Gasteiger charge is -2.18. The maximum absolute atomic E-state index is 11.4. The molecule has 0 spiro atoms. The number of thiazole rings is 1. The Kier molecular flexibility index (Phi) is 4.74. The number of carbonyl (C=O) groups excluding carboxylic acids is 1. The van der Waals surface area contributed by atoms with E-state index >= 15 is 0 Å². The van der Waals surface area contributed by atoms with Gasteiger partial charge in [0.2, 0.25) is 0 Å². The molecule has 1 aromatic carbocycles. The predicted octanol–water partition coefficient (Wildman–Crippen LogP) is 3.33. The molecule has 0 bridgehead atoms. The number of esters is 1. The normalized spacial score (nSPS) is 10.3. The fourth-order valence-corrected chi connectivity index (χ4v) is 2.74. The van der Waals surface area contributed by atoms with Crippen LogP contribution < -0.4 is 4.90 Å². The van der Waals surface area contributed by atoms with Crippen LogP contribution in [0.4, 0.5) is 10.8 Å². The van der Waals surface area contributed by atoms with Gasteiger partial charge in [-0.25, -0.2) is 4.98 Å². The van der Waals surface area contributed by atoms with E-state index in [0.29, 0.717) is 6.61 Å². The van der Waals surface area contributed by atoms with Gasteiger partial charge in [-0.3, -0.25) is 4.79 Å². The number of anilines is 2. The first-order valence-electron chi connectivity index (χ1n) is 6.51. The molecule has 0 radical (unpaired) electrons. The zero-order valence-corrected chi connectivity index (χ0v) is 12.7. The summed E-state index contributed by atoms with van der Waals surface area (Å²) in [6.07, 6.45) is 0.228. The molecule has 0 atom stereocenters. The van der Waals surface area contributed by atoms with Crippen molar-refractivity contribution in [2.75, 3.05) is 18.6 Å². The fourth-order valence-electron chi connectivity index (χ4n) is 1.93. The summed E-state index contributed by atoms with van der Waals surface area (Å²) < 4.78 is 4.93. The summed E-state index contributed by atoms with van der Waals surface area (Å²) >= 11 is 1.53. The van der Waals surface area contributed by atoms with Crippen LogP contribution in [0.3, 0.4) is 0 Å². The molecule has 2 rings (SSSR count). The molecule has 0 saturated carbocycles. The van der Waals surface area contributed by atoms with Crippen LogP contribution >= 0.6 is 11.3 Å². The minimum absolute atomic E-state index is 0.228. The zero-order chi connectivity index (χ0) is 14.5. The smallest absolute Gasteiger partial charge is 0.311 e. The number of benzene rings is 1. The Morgan fingerprint density at radius 2 is 2.15 bits per heavy atom. The summed E-state index contributed by atoms with van der Waals surface area (Å²) in [4.78, 5) is 18.0. The third-order valence-corrected chi connectivity index (χ3v) is 3.90. The molecule has 0 aliphatic carbocycles. The molecule has 0 N–H and O–H groups in total. The molecule has 2 aromatic rings. The second-order valence-electron chi connectivity index (χ2n) is 4.45. The van der Waals surface area contributed by atoms with Gasteiger partial charge in [0.1, 0.15) is 0 Å².